The van der Waals surface area contributed by atoms with Crippen molar-refractivity contribution in [2.75, 3.05) is 25.0 Å². The number of carbonyl (C=O) groups excluding carboxylic acids is 2. The summed E-state index contributed by atoms with van der Waals surface area (Å²) in [5, 5.41) is 8.83. The fraction of sp³-hybridized carbons (Fsp3) is 0.278. The van der Waals surface area contributed by atoms with Crippen LogP contribution in [0.1, 0.15) is 34.3 Å². The Hall–Kier alpha value is -3.09. The van der Waals surface area contributed by atoms with E-state index in [1.165, 1.54) is 16.1 Å². The van der Waals surface area contributed by atoms with Crippen LogP contribution in [-0.4, -0.2) is 47.9 Å². The van der Waals surface area contributed by atoms with Crippen molar-refractivity contribution >= 4 is 23.5 Å². The van der Waals surface area contributed by atoms with Crippen LogP contribution in [0.2, 0.25) is 0 Å². The number of furan rings is 1. The Labute approximate surface area is 145 Å². The molecule has 0 aliphatic rings. The van der Waals surface area contributed by atoms with Crippen molar-refractivity contribution in [3.8, 4) is 0 Å². The van der Waals surface area contributed by atoms with E-state index < -0.39 is 5.97 Å². The van der Waals surface area contributed by atoms with Gasteiger partial charge in [0.25, 0.3) is 11.8 Å². The summed E-state index contributed by atoms with van der Waals surface area (Å²) < 4.78 is 5.12. The zero-order valence-corrected chi connectivity index (χ0v) is 14.1. The molecule has 0 atom stereocenters. The number of amides is 2. The molecule has 7 nitrogen and oxygen atoms in total. The molecule has 1 aromatic heterocycles. The predicted molar refractivity (Wildman–Crippen MR) is 91.7 cm³/mol. The van der Waals surface area contributed by atoms with Gasteiger partial charge in [0.05, 0.1) is 23.9 Å². The number of anilines is 1. The van der Waals surface area contributed by atoms with Gasteiger partial charge in [0.2, 0.25) is 0 Å². The summed E-state index contributed by atoms with van der Waals surface area (Å²) in [7, 11) is 1.56. The van der Waals surface area contributed by atoms with Crippen molar-refractivity contribution < 1.29 is 23.9 Å². The summed E-state index contributed by atoms with van der Waals surface area (Å²) in [5.41, 5.74) is 0.764. The Morgan fingerprint density at radius 2 is 1.80 bits per heavy atom. The van der Waals surface area contributed by atoms with Gasteiger partial charge >= 0.3 is 5.97 Å². The Kier molecular flexibility index (Phi) is 5.94. The maximum atomic E-state index is 12.8. The van der Waals surface area contributed by atoms with Crippen molar-refractivity contribution in [1.29, 1.82) is 0 Å². The summed E-state index contributed by atoms with van der Waals surface area (Å²) in [5.74, 6) is -1.50. The lowest BCUT2D eigenvalue weighted by Crippen LogP contribution is -2.35. The number of para-hydroxylation sites is 1. The summed E-state index contributed by atoms with van der Waals surface area (Å²) in [4.78, 5) is 38.8. The average Bonchev–Trinajstić information content (AvgIpc) is 3.15. The highest BCUT2D eigenvalue weighted by Crippen LogP contribution is 2.23. The van der Waals surface area contributed by atoms with Crippen molar-refractivity contribution in [3.63, 3.8) is 0 Å². The summed E-state index contributed by atoms with van der Waals surface area (Å²) >= 11 is 0. The van der Waals surface area contributed by atoms with Gasteiger partial charge in [-0.05, 0) is 31.2 Å². The largest absolute Gasteiger partial charge is 0.481 e. The molecule has 0 fully saturated rings. The van der Waals surface area contributed by atoms with E-state index in [-0.39, 0.29) is 30.5 Å². The minimum Gasteiger partial charge on any atom is -0.481 e. The van der Waals surface area contributed by atoms with E-state index in [1.807, 2.05) is 0 Å². The fourth-order valence-corrected chi connectivity index (χ4v) is 2.43. The second kappa shape index (κ2) is 8.14. The van der Waals surface area contributed by atoms with E-state index in [2.05, 4.69) is 0 Å². The molecule has 1 aromatic carbocycles. The van der Waals surface area contributed by atoms with Gasteiger partial charge in [0, 0.05) is 20.1 Å². The van der Waals surface area contributed by atoms with E-state index in [9.17, 15) is 14.4 Å². The van der Waals surface area contributed by atoms with Crippen LogP contribution in [0.4, 0.5) is 5.69 Å². The third-order valence-corrected chi connectivity index (χ3v) is 3.80. The van der Waals surface area contributed by atoms with Crippen LogP contribution in [0, 0.1) is 0 Å². The van der Waals surface area contributed by atoms with Crippen LogP contribution in [0.15, 0.2) is 47.1 Å². The van der Waals surface area contributed by atoms with E-state index in [0.29, 0.717) is 17.8 Å². The smallest absolute Gasteiger partial charge is 0.305 e. The highest BCUT2D eigenvalue weighted by molar-refractivity contribution is 6.09. The van der Waals surface area contributed by atoms with E-state index in [1.54, 1.807) is 50.4 Å². The van der Waals surface area contributed by atoms with Gasteiger partial charge in [0.1, 0.15) is 0 Å². The molecule has 25 heavy (non-hydrogen) atoms. The molecule has 0 radical (unpaired) electrons. The number of carboxylic acids is 1. The van der Waals surface area contributed by atoms with Crippen LogP contribution in [0.25, 0.3) is 0 Å². The van der Waals surface area contributed by atoms with Crippen LogP contribution in [0.3, 0.4) is 0 Å². The third-order valence-electron chi connectivity index (χ3n) is 3.80. The topological polar surface area (TPSA) is 91.1 Å². The molecule has 1 heterocycles. The highest BCUT2D eigenvalue weighted by Gasteiger charge is 2.23. The molecule has 0 unspecified atom stereocenters. The number of rotatable bonds is 7. The second-order valence-electron chi connectivity index (χ2n) is 5.39. The van der Waals surface area contributed by atoms with Gasteiger partial charge in [-0.25, -0.2) is 0 Å². The van der Waals surface area contributed by atoms with Gasteiger partial charge < -0.3 is 19.3 Å². The number of nitrogens with zero attached hydrogens (tertiary/aromatic N) is 2. The predicted octanol–water partition coefficient (Wildman–Crippen LogP) is 2.49. The Morgan fingerprint density at radius 3 is 2.40 bits per heavy atom. The average molecular weight is 344 g/mol. The van der Waals surface area contributed by atoms with Gasteiger partial charge in [-0.15, -0.1) is 0 Å². The number of carboxylic acid groups (broad SMARTS) is 1. The van der Waals surface area contributed by atoms with Gasteiger partial charge in [-0.3, -0.25) is 14.4 Å². The van der Waals surface area contributed by atoms with Gasteiger partial charge in [0.15, 0.2) is 5.76 Å². The van der Waals surface area contributed by atoms with E-state index >= 15 is 0 Å². The van der Waals surface area contributed by atoms with Crippen LogP contribution in [-0.2, 0) is 4.79 Å². The van der Waals surface area contributed by atoms with Crippen LogP contribution < -0.4 is 4.90 Å². The fourth-order valence-electron chi connectivity index (χ4n) is 2.43. The molecule has 1 N–H and O–H groups in total. The number of hydrogen-bond acceptors (Lipinski definition) is 4. The van der Waals surface area contributed by atoms with Crippen molar-refractivity contribution in [2.24, 2.45) is 0 Å². The molecule has 0 saturated carbocycles. The summed E-state index contributed by atoms with van der Waals surface area (Å²) in [6.45, 7) is 2.26. The first-order chi connectivity index (χ1) is 12.0. The molecular formula is C18H20N2O5. The van der Waals surface area contributed by atoms with Crippen molar-refractivity contribution in [1.82, 2.24) is 4.90 Å². The first-order valence-corrected chi connectivity index (χ1v) is 7.87. The monoisotopic (exact) mass is 344 g/mol. The van der Waals surface area contributed by atoms with Gasteiger partial charge in [-0.1, -0.05) is 12.1 Å². The Bertz CT molecular complexity index is 755. The standard InChI is InChI=1S/C18H20N2O5/c1-3-20(11-10-16(21)22)17(23)13-7-4-5-8-14(13)19(2)18(24)15-9-6-12-25-15/h4-9,12H,3,10-11H2,1-2H3,(H,21,22). The minimum absolute atomic E-state index is 0.106. The van der Waals surface area contributed by atoms with Crippen molar-refractivity contribution in [3.05, 3.63) is 54.0 Å². The van der Waals surface area contributed by atoms with Crippen LogP contribution in [0.5, 0.6) is 0 Å². The van der Waals surface area contributed by atoms with E-state index in [4.69, 9.17) is 9.52 Å². The maximum absolute atomic E-state index is 12.8. The maximum Gasteiger partial charge on any atom is 0.305 e. The molecule has 0 saturated heterocycles. The molecule has 0 aliphatic carbocycles. The Balaban J connectivity index is 2.28. The summed E-state index contributed by atoms with van der Waals surface area (Å²) in [6, 6.07) is 9.88. The Morgan fingerprint density at radius 1 is 1.08 bits per heavy atom. The quantitative estimate of drug-likeness (QED) is 0.833. The number of carbonyl (C=O) groups is 3. The van der Waals surface area contributed by atoms with Crippen LogP contribution >= 0.6 is 0 Å². The van der Waals surface area contributed by atoms with E-state index in [0.717, 1.165) is 0 Å². The number of aliphatic carboxylic acids is 1. The zero-order valence-electron chi connectivity index (χ0n) is 14.1. The highest BCUT2D eigenvalue weighted by atomic mass is 16.4. The van der Waals surface area contributed by atoms with Crippen molar-refractivity contribution in [2.45, 2.75) is 13.3 Å². The number of hydrogen-bond donors (Lipinski definition) is 1. The molecule has 0 aliphatic heterocycles. The normalized spacial score (nSPS) is 10.3. The summed E-state index contributed by atoms with van der Waals surface area (Å²) in [6.07, 6.45) is 1.27. The lowest BCUT2D eigenvalue weighted by atomic mass is 10.1. The van der Waals surface area contributed by atoms with Gasteiger partial charge in [-0.2, -0.15) is 0 Å². The molecule has 2 rings (SSSR count). The number of benzene rings is 1. The molecular weight excluding hydrogens is 324 g/mol. The third kappa shape index (κ3) is 4.26. The zero-order chi connectivity index (χ0) is 18.4. The molecule has 0 spiro atoms. The lowest BCUT2D eigenvalue weighted by Gasteiger charge is -2.24. The minimum atomic E-state index is -0.968. The first-order valence-electron chi connectivity index (χ1n) is 7.87. The molecule has 0 bridgehead atoms. The first kappa shape index (κ1) is 18.3. The molecule has 2 amide bonds. The molecule has 2 aromatic rings. The lowest BCUT2D eigenvalue weighted by molar-refractivity contribution is -0.137. The molecule has 7 heteroatoms. The SMILES string of the molecule is CCN(CCC(=O)O)C(=O)c1ccccc1N(C)C(=O)c1ccco1. The second-order valence-corrected chi connectivity index (χ2v) is 5.39. The molecule has 132 valence electrons.